The van der Waals surface area contributed by atoms with Gasteiger partial charge in [0.25, 0.3) is 0 Å². The number of rotatable bonds is 5. The van der Waals surface area contributed by atoms with E-state index in [0.29, 0.717) is 0 Å². The Morgan fingerprint density at radius 2 is 1.69 bits per heavy atom. The summed E-state index contributed by atoms with van der Waals surface area (Å²) >= 11 is 6.45. The van der Waals surface area contributed by atoms with Crippen LogP contribution in [-0.2, 0) is 11.2 Å². The lowest BCUT2D eigenvalue weighted by molar-refractivity contribution is 0.0375. The molecule has 0 radical (unpaired) electrons. The molecule has 0 unspecified atom stereocenters. The van der Waals surface area contributed by atoms with Crippen molar-refractivity contribution >= 4 is 22.4 Å². The van der Waals surface area contributed by atoms with Gasteiger partial charge in [-0.05, 0) is 53.4 Å². The van der Waals surface area contributed by atoms with Gasteiger partial charge in [-0.3, -0.25) is 4.90 Å². The van der Waals surface area contributed by atoms with Crippen LogP contribution in [0.1, 0.15) is 12.0 Å². The first-order chi connectivity index (χ1) is 12.8. The predicted molar refractivity (Wildman–Crippen MR) is 110 cm³/mol. The highest BCUT2D eigenvalue weighted by atomic mass is 35.5. The first kappa shape index (κ1) is 17.5. The van der Waals surface area contributed by atoms with Gasteiger partial charge >= 0.3 is 0 Å². The minimum atomic E-state index is 0.807. The van der Waals surface area contributed by atoms with Gasteiger partial charge in [0, 0.05) is 23.7 Å². The van der Waals surface area contributed by atoms with E-state index in [1.54, 1.807) is 0 Å². The van der Waals surface area contributed by atoms with Crippen molar-refractivity contribution in [1.29, 1.82) is 0 Å². The fraction of sp³-hybridized carbons (Fsp3) is 0.304. The van der Waals surface area contributed by atoms with Gasteiger partial charge < -0.3 is 4.74 Å². The molecule has 4 rings (SSSR count). The number of ether oxygens (including phenoxy) is 1. The first-order valence-corrected chi connectivity index (χ1v) is 9.76. The maximum Gasteiger partial charge on any atom is 0.0594 e. The second-order valence-electron chi connectivity index (χ2n) is 6.89. The quantitative estimate of drug-likeness (QED) is 0.598. The van der Waals surface area contributed by atoms with Crippen LogP contribution in [0.4, 0.5) is 0 Å². The van der Waals surface area contributed by atoms with Gasteiger partial charge in [0.05, 0.1) is 13.2 Å². The summed E-state index contributed by atoms with van der Waals surface area (Å²) in [7, 11) is 0. The molecule has 3 heteroatoms. The summed E-state index contributed by atoms with van der Waals surface area (Å²) in [6.45, 7) is 4.98. The van der Waals surface area contributed by atoms with Crippen molar-refractivity contribution in [1.82, 2.24) is 4.90 Å². The normalized spacial score (nSPS) is 15.4. The Morgan fingerprint density at radius 3 is 2.54 bits per heavy atom. The van der Waals surface area contributed by atoms with E-state index in [-0.39, 0.29) is 0 Å². The number of hydrogen-bond acceptors (Lipinski definition) is 2. The fourth-order valence-electron chi connectivity index (χ4n) is 3.77. The largest absolute Gasteiger partial charge is 0.379 e. The van der Waals surface area contributed by atoms with E-state index in [0.717, 1.165) is 56.3 Å². The van der Waals surface area contributed by atoms with E-state index in [1.165, 1.54) is 21.9 Å². The fourth-order valence-corrected chi connectivity index (χ4v) is 4.01. The molecule has 0 aliphatic carbocycles. The standard InChI is InChI=1S/C23H24ClNO/c24-23-10-4-3-9-22(23)20-16-18-6-1-2-8-21(18)19(17-20)7-5-11-25-12-14-26-15-13-25/h1-4,6,8-10,16-17H,5,7,11-15H2. The zero-order chi connectivity index (χ0) is 17.8. The van der Waals surface area contributed by atoms with E-state index < -0.39 is 0 Å². The summed E-state index contributed by atoms with van der Waals surface area (Å²) in [6.07, 6.45) is 2.24. The molecule has 0 N–H and O–H groups in total. The highest BCUT2D eigenvalue weighted by Crippen LogP contribution is 2.32. The molecule has 0 spiro atoms. The summed E-state index contributed by atoms with van der Waals surface area (Å²) in [4.78, 5) is 2.50. The molecule has 3 aromatic rings. The van der Waals surface area contributed by atoms with Crippen molar-refractivity contribution in [2.24, 2.45) is 0 Å². The Kier molecular flexibility index (Phi) is 5.54. The highest BCUT2D eigenvalue weighted by Gasteiger charge is 2.11. The van der Waals surface area contributed by atoms with Crippen molar-refractivity contribution < 1.29 is 4.74 Å². The van der Waals surface area contributed by atoms with Crippen LogP contribution in [0.5, 0.6) is 0 Å². The van der Waals surface area contributed by atoms with Crippen LogP contribution in [0.3, 0.4) is 0 Å². The monoisotopic (exact) mass is 365 g/mol. The molecule has 0 atom stereocenters. The van der Waals surface area contributed by atoms with Crippen LogP contribution in [0.15, 0.2) is 60.7 Å². The molecule has 1 aliphatic heterocycles. The minimum Gasteiger partial charge on any atom is -0.379 e. The zero-order valence-corrected chi connectivity index (χ0v) is 15.7. The van der Waals surface area contributed by atoms with Gasteiger partial charge in [0.1, 0.15) is 0 Å². The Morgan fingerprint density at radius 1 is 0.923 bits per heavy atom. The van der Waals surface area contributed by atoms with Crippen molar-refractivity contribution in [3.8, 4) is 11.1 Å². The van der Waals surface area contributed by atoms with Crippen LogP contribution in [-0.4, -0.2) is 37.7 Å². The maximum atomic E-state index is 6.45. The van der Waals surface area contributed by atoms with Crippen LogP contribution in [0.25, 0.3) is 21.9 Å². The topological polar surface area (TPSA) is 12.5 Å². The SMILES string of the molecule is Clc1ccccc1-c1cc(CCCN2CCOCC2)c2ccccc2c1. The van der Waals surface area contributed by atoms with Crippen LogP contribution in [0, 0.1) is 0 Å². The molecule has 1 aliphatic rings. The van der Waals surface area contributed by atoms with E-state index in [9.17, 15) is 0 Å². The summed E-state index contributed by atoms with van der Waals surface area (Å²) in [6, 6.07) is 21.3. The maximum absolute atomic E-state index is 6.45. The van der Waals surface area contributed by atoms with Crippen LogP contribution >= 0.6 is 11.6 Å². The lowest BCUT2D eigenvalue weighted by Crippen LogP contribution is -2.36. The van der Waals surface area contributed by atoms with Gasteiger partial charge in [-0.1, -0.05) is 60.1 Å². The molecule has 0 bridgehead atoms. The lowest BCUT2D eigenvalue weighted by atomic mass is 9.94. The molecule has 0 aromatic heterocycles. The average Bonchev–Trinajstić information content (AvgIpc) is 2.69. The molecule has 1 fully saturated rings. The third kappa shape index (κ3) is 3.93. The zero-order valence-electron chi connectivity index (χ0n) is 15.0. The summed E-state index contributed by atoms with van der Waals surface area (Å²) in [5.41, 5.74) is 3.72. The molecular weight excluding hydrogens is 342 g/mol. The van der Waals surface area contributed by atoms with Crippen molar-refractivity contribution in [3.05, 3.63) is 71.2 Å². The van der Waals surface area contributed by atoms with Crippen molar-refractivity contribution in [2.45, 2.75) is 12.8 Å². The number of halogens is 1. The third-order valence-corrected chi connectivity index (χ3v) is 5.49. The number of morpholine rings is 1. The van der Waals surface area contributed by atoms with E-state index in [2.05, 4.69) is 53.4 Å². The number of fused-ring (bicyclic) bond motifs is 1. The molecule has 1 saturated heterocycles. The van der Waals surface area contributed by atoms with Gasteiger partial charge in [-0.2, -0.15) is 0 Å². The molecular formula is C23H24ClNO. The summed E-state index contributed by atoms with van der Waals surface area (Å²) in [5.74, 6) is 0. The number of nitrogens with zero attached hydrogens (tertiary/aromatic N) is 1. The summed E-state index contributed by atoms with van der Waals surface area (Å²) < 4.78 is 5.44. The Balaban J connectivity index is 1.61. The van der Waals surface area contributed by atoms with Gasteiger partial charge in [0.15, 0.2) is 0 Å². The lowest BCUT2D eigenvalue weighted by Gasteiger charge is -2.26. The van der Waals surface area contributed by atoms with E-state index in [1.807, 2.05) is 12.1 Å². The van der Waals surface area contributed by atoms with Gasteiger partial charge in [0.2, 0.25) is 0 Å². The smallest absolute Gasteiger partial charge is 0.0594 e. The van der Waals surface area contributed by atoms with Crippen molar-refractivity contribution in [2.75, 3.05) is 32.8 Å². The number of hydrogen-bond donors (Lipinski definition) is 0. The first-order valence-electron chi connectivity index (χ1n) is 9.38. The second kappa shape index (κ2) is 8.22. The Labute approximate surface area is 160 Å². The second-order valence-corrected chi connectivity index (χ2v) is 7.30. The third-order valence-electron chi connectivity index (χ3n) is 5.16. The Hall–Kier alpha value is -1.87. The molecule has 26 heavy (non-hydrogen) atoms. The number of aryl methyl sites for hydroxylation is 1. The number of benzene rings is 3. The minimum absolute atomic E-state index is 0.807. The van der Waals surface area contributed by atoms with Crippen LogP contribution in [0.2, 0.25) is 5.02 Å². The molecule has 3 aromatic carbocycles. The van der Waals surface area contributed by atoms with E-state index in [4.69, 9.17) is 16.3 Å². The highest BCUT2D eigenvalue weighted by molar-refractivity contribution is 6.33. The van der Waals surface area contributed by atoms with Gasteiger partial charge in [-0.25, -0.2) is 0 Å². The average molecular weight is 366 g/mol. The molecule has 0 amide bonds. The molecule has 2 nitrogen and oxygen atoms in total. The van der Waals surface area contributed by atoms with Gasteiger partial charge in [-0.15, -0.1) is 0 Å². The Bertz CT molecular complexity index is 886. The summed E-state index contributed by atoms with van der Waals surface area (Å²) in [5, 5.41) is 3.44. The molecule has 1 heterocycles. The van der Waals surface area contributed by atoms with E-state index >= 15 is 0 Å². The molecule has 0 saturated carbocycles. The predicted octanol–water partition coefficient (Wildman–Crippen LogP) is 5.43. The molecule has 134 valence electrons. The van der Waals surface area contributed by atoms with Crippen LogP contribution < -0.4 is 0 Å². The van der Waals surface area contributed by atoms with Crippen molar-refractivity contribution in [3.63, 3.8) is 0 Å².